The summed E-state index contributed by atoms with van der Waals surface area (Å²) < 4.78 is 5.65. The molecule has 0 saturated carbocycles. The maximum absolute atomic E-state index is 9.36. The predicted molar refractivity (Wildman–Crippen MR) is 50.6 cm³/mol. The van der Waals surface area contributed by atoms with E-state index in [2.05, 4.69) is 18.7 Å². The fourth-order valence-electron chi connectivity index (χ4n) is 2.43. The summed E-state index contributed by atoms with van der Waals surface area (Å²) in [5, 5.41) is 9.36. The van der Waals surface area contributed by atoms with E-state index in [-0.39, 0.29) is 12.0 Å². The Morgan fingerprint density at radius 1 is 1.62 bits per heavy atom. The van der Waals surface area contributed by atoms with Gasteiger partial charge < -0.3 is 9.84 Å². The molecule has 0 aromatic heterocycles. The van der Waals surface area contributed by atoms with Gasteiger partial charge in [-0.2, -0.15) is 0 Å². The molecule has 2 bridgehead atoms. The number of aliphatic hydroxyl groups is 1. The molecular weight excluding hydrogens is 166 g/mol. The summed E-state index contributed by atoms with van der Waals surface area (Å²) in [6.45, 7) is 7.47. The molecule has 0 amide bonds. The van der Waals surface area contributed by atoms with E-state index >= 15 is 0 Å². The molecule has 76 valence electrons. The van der Waals surface area contributed by atoms with Gasteiger partial charge in [-0.05, 0) is 20.3 Å². The van der Waals surface area contributed by atoms with E-state index in [1.807, 2.05) is 0 Å². The number of nitrogens with zero attached hydrogens (tertiary/aromatic N) is 1. The van der Waals surface area contributed by atoms with Crippen molar-refractivity contribution in [2.24, 2.45) is 5.41 Å². The highest BCUT2D eigenvalue weighted by atomic mass is 16.5. The average molecular weight is 185 g/mol. The zero-order chi connectivity index (χ0) is 9.47. The second-order valence-corrected chi connectivity index (χ2v) is 4.82. The first-order chi connectivity index (χ1) is 6.15. The van der Waals surface area contributed by atoms with Gasteiger partial charge in [0, 0.05) is 24.5 Å². The maximum atomic E-state index is 9.36. The lowest BCUT2D eigenvalue weighted by atomic mass is 9.82. The molecule has 0 unspecified atom stereocenters. The highest BCUT2D eigenvalue weighted by Gasteiger charge is 2.46. The van der Waals surface area contributed by atoms with Crippen LogP contribution in [0.2, 0.25) is 0 Å². The monoisotopic (exact) mass is 185 g/mol. The van der Waals surface area contributed by atoms with Gasteiger partial charge in [0.2, 0.25) is 0 Å². The van der Waals surface area contributed by atoms with E-state index in [0.29, 0.717) is 12.1 Å². The van der Waals surface area contributed by atoms with Crippen LogP contribution in [0.3, 0.4) is 0 Å². The van der Waals surface area contributed by atoms with Gasteiger partial charge in [0.05, 0.1) is 19.3 Å². The topological polar surface area (TPSA) is 32.7 Å². The normalized spacial score (nSPS) is 40.2. The molecule has 3 nitrogen and oxygen atoms in total. The summed E-state index contributed by atoms with van der Waals surface area (Å²) in [6, 6.07) is 0.565. The molecule has 2 rings (SSSR count). The number of aliphatic hydroxyl groups excluding tert-OH is 1. The van der Waals surface area contributed by atoms with Crippen molar-refractivity contribution in [3.8, 4) is 0 Å². The lowest BCUT2D eigenvalue weighted by molar-refractivity contribution is 0.0443. The fraction of sp³-hybridized carbons (Fsp3) is 1.00. The second-order valence-electron chi connectivity index (χ2n) is 4.82. The van der Waals surface area contributed by atoms with Crippen LogP contribution in [0.4, 0.5) is 0 Å². The van der Waals surface area contributed by atoms with Crippen molar-refractivity contribution < 1.29 is 9.84 Å². The molecule has 2 aliphatic rings. The summed E-state index contributed by atoms with van der Waals surface area (Å²) in [5.74, 6) is 0. The summed E-state index contributed by atoms with van der Waals surface area (Å²) in [5.41, 5.74) is 0.0488. The number of ether oxygens (including phenoxy) is 1. The Morgan fingerprint density at radius 2 is 2.38 bits per heavy atom. The van der Waals surface area contributed by atoms with Crippen molar-refractivity contribution in [3.63, 3.8) is 0 Å². The first kappa shape index (κ1) is 9.44. The Labute approximate surface area is 79.7 Å². The number of fused-ring (bicyclic) bond motifs is 2. The third-order valence-corrected chi connectivity index (χ3v) is 3.33. The highest BCUT2D eigenvalue weighted by Crippen LogP contribution is 2.38. The third-order valence-electron chi connectivity index (χ3n) is 3.33. The number of likely N-dealkylation sites (tertiary alicyclic amines) is 1. The highest BCUT2D eigenvalue weighted by molar-refractivity contribution is 4.96. The molecule has 1 N–H and O–H groups in total. The summed E-state index contributed by atoms with van der Waals surface area (Å²) in [6.07, 6.45) is 1.41. The number of hydrogen-bond donors (Lipinski definition) is 1. The van der Waals surface area contributed by atoms with Gasteiger partial charge in [-0.25, -0.2) is 0 Å². The van der Waals surface area contributed by atoms with Crippen molar-refractivity contribution >= 4 is 0 Å². The molecular formula is C10H19NO2. The molecule has 0 spiro atoms. The first-order valence-electron chi connectivity index (χ1n) is 5.12. The SMILES string of the molecule is CC(C)N1C[C@H]2C[C@](CO)(CO2)C1. The van der Waals surface area contributed by atoms with Gasteiger partial charge >= 0.3 is 0 Å². The van der Waals surface area contributed by atoms with Crippen molar-refractivity contribution in [2.75, 3.05) is 26.3 Å². The summed E-state index contributed by atoms with van der Waals surface area (Å²) in [4.78, 5) is 2.41. The van der Waals surface area contributed by atoms with E-state index in [1.165, 1.54) is 0 Å². The molecule has 0 aliphatic carbocycles. The molecule has 2 fully saturated rings. The lowest BCUT2D eigenvalue weighted by Gasteiger charge is -2.39. The Morgan fingerprint density at radius 3 is 3.00 bits per heavy atom. The average Bonchev–Trinajstić information content (AvgIpc) is 2.42. The number of hydrogen-bond acceptors (Lipinski definition) is 3. The van der Waals surface area contributed by atoms with Crippen LogP contribution in [0.25, 0.3) is 0 Å². The lowest BCUT2D eigenvalue weighted by Crippen LogP contribution is -2.49. The van der Waals surface area contributed by atoms with Gasteiger partial charge in [-0.3, -0.25) is 4.90 Å². The van der Waals surface area contributed by atoms with E-state index in [0.717, 1.165) is 26.1 Å². The number of piperidine rings is 1. The molecule has 3 heteroatoms. The minimum absolute atomic E-state index is 0.0488. The molecule has 0 radical (unpaired) electrons. The van der Waals surface area contributed by atoms with Crippen molar-refractivity contribution in [2.45, 2.75) is 32.4 Å². The van der Waals surface area contributed by atoms with Gasteiger partial charge in [-0.1, -0.05) is 0 Å². The third kappa shape index (κ3) is 1.60. The van der Waals surface area contributed by atoms with E-state index < -0.39 is 0 Å². The quantitative estimate of drug-likeness (QED) is 0.679. The largest absolute Gasteiger partial charge is 0.396 e. The Bertz CT molecular complexity index is 195. The standard InChI is InChI=1S/C10H19NO2/c1-8(2)11-4-9-3-10(5-11,6-12)7-13-9/h8-9,12H,3-7H2,1-2H3/t9-,10+/m1/s1. The fourth-order valence-corrected chi connectivity index (χ4v) is 2.43. The van der Waals surface area contributed by atoms with Gasteiger partial charge in [-0.15, -0.1) is 0 Å². The molecule has 0 aromatic rings. The Hall–Kier alpha value is -0.120. The zero-order valence-electron chi connectivity index (χ0n) is 8.49. The zero-order valence-corrected chi connectivity index (χ0v) is 8.49. The van der Waals surface area contributed by atoms with Crippen LogP contribution in [-0.2, 0) is 4.74 Å². The van der Waals surface area contributed by atoms with Crippen LogP contribution in [-0.4, -0.2) is 48.5 Å². The van der Waals surface area contributed by atoms with Crippen LogP contribution in [0, 0.1) is 5.41 Å². The Kier molecular flexibility index (Phi) is 2.34. The number of rotatable bonds is 2. The maximum Gasteiger partial charge on any atom is 0.0709 e. The Balaban J connectivity index is 2.08. The minimum atomic E-state index is 0.0488. The van der Waals surface area contributed by atoms with Crippen LogP contribution < -0.4 is 0 Å². The van der Waals surface area contributed by atoms with Gasteiger partial charge in [0.25, 0.3) is 0 Å². The van der Waals surface area contributed by atoms with E-state index in [9.17, 15) is 5.11 Å². The molecule has 2 aliphatic heterocycles. The van der Waals surface area contributed by atoms with Crippen LogP contribution in [0.1, 0.15) is 20.3 Å². The minimum Gasteiger partial charge on any atom is -0.396 e. The molecule has 2 saturated heterocycles. The first-order valence-corrected chi connectivity index (χ1v) is 5.12. The van der Waals surface area contributed by atoms with Crippen molar-refractivity contribution in [3.05, 3.63) is 0 Å². The predicted octanol–water partition coefficient (Wildman–Crippen LogP) is 0.478. The summed E-state index contributed by atoms with van der Waals surface area (Å²) in [7, 11) is 0. The second kappa shape index (κ2) is 3.23. The molecule has 13 heavy (non-hydrogen) atoms. The molecule has 2 heterocycles. The smallest absolute Gasteiger partial charge is 0.0709 e. The van der Waals surface area contributed by atoms with Gasteiger partial charge in [0.1, 0.15) is 0 Å². The molecule has 2 atom stereocenters. The van der Waals surface area contributed by atoms with Crippen LogP contribution in [0.5, 0.6) is 0 Å². The van der Waals surface area contributed by atoms with Crippen molar-refractivity contribution in [1.82, 2.24) is 4.90 Å². The van der Waals surface area contributed by atoms with E-state index in [1.54, 1.807) is 0 Å². The van der Waals surface area contributed by atoms with E-state index in [4.69, 9.17) is 4.74 Å². The molecule has 0 aromatic carbocycles. The van der Waals surface area contributed by atoms with Crippen molar-refractivity contribution in [1.29, 1.82) is 0 Å². The van der Waals surface area contributed by atoms with Gasteiger partial charge in [0.15, 0.2) is 0 Å². The van der Waals surface area contributed by atoms with Crippen LogP contribution in [0.15, 0.2) is 0 Å². The van der Waals surface area contributed by atoms with Crippen LogP contribution >= 0.6 is 0 Å². The summed E-state index contributed by atoms with van der Waals surface area (Å²) >= 11 is 0.